The van der Waals surface area contributed by atoms with E-state index in [2.05, 4.69) is 10.6 Å². The van der Waals surface area contributed by atoms with Crippen molar-refractivity contribution in [3.8, 4) is 11.5 Å². The van der Waals surface area contributed by atoms with Gasteiger partial charge in [0.25, 0.3) is 0 Å². The molecule has 0 saturated carbocycles. The lowest BCUT2D eigenvalue weighted by molar-refractivity contribution is -0.130. The van der Waals surface area contributed by atoms with Crippen molar-refractivity contribution in [2.45, 2.75) is 39.5 Å². The summed E-state index contributed by atoms with van der Waals surface area (Å²) in [6, 6.07) is 13.0. The van der Waals surface area contributed by atoms with E-state index in [0.717, 1.165) is 24.0 Å². The quantitative estimate of drug-likeness (QED) is 0.168. The number of nitrogens with one attached hydrogen (secondary N) is 2. The van der Waals surface area contributed by atoms with Crippen LogP contribution in [0.3, 0.4) is 0 Å². The first kappa shape index (κ1) is 33.6. The van der Waals surface area contributed by atoms with Gasteiger partial charge in [0.1, 0.15) is 11.5 Å². The lowest BCUT2D eigenvalue weighted by atomic mass is 10.2. The third-order valence-electron chi connectivity index (χ3n) is 6.45. The van der Waals surface area contributed by atoms with Gasteiger partial charge in [0.05, 0.1) is 0 Å². The number of nitrogens with zero attached hydrogens (tertiary/aromatic N) is 2. The SMILES string of the molecule is CC(=O)N(CCCCN(CCCNC(=O)C=Cc1ccc(O)cc1)C(C)=O)CCCNC(=O)C=Cc1ccc(O)cc1. The van der Waals surface area contributed by atoms with Gasteiger partial charge in [0.15, 0.2) is 0 Å². The average molecular weight is 579 g/mol. The van der Waals surface area contributed by atoms with Crippen LogP contribution in [0.2, 0.25) is 0 Å². The fraction of sp³-hybridized carbons (Fsp3) is 0.375. The number of hydrogen-bond donors (Lipinski definition) is 4. The smallest absolute Gasteiger partial charge is 0.244 e. The number of hydrogen-bond acceptors (Lipinski definition) is 6. The van der Waals surface area contributed by atoms with Crippen LogP contribution in [-0.2, 0) is 19.2 Å². The Hall–Kier alpha value is -4.60. The third-order valence-corrected chi connectivity index (χ3v) is 6.45. The number of amides is 4. The maximum atomic E-state index is 12.1. The van der Waals surface area contributed by atoms with Gasteiger partial charge in [-0.25, -0.2) is 0 Å². The van der Waals surface area contributed by atoms with Crippen molar-refractivity contribution < 1.29 is 29.4 Å². The zero-order valence-corrected chi connectivity index (χ0v) is 24.4. The Balaban J connectivity index is 1.61. The van der Waals surface area contributed by atoms with Crippen molar-refractivity contribution in [2.75, 3.05) is 39.3 Å². The van der Waals surface area contributed by atoms with E-state index in [0.29, 0.717) is 52.1 Å². The van der Waals surface area contributed by atoms with E-state index in [-0.39, 0.29) is 35.1 Å². The molecule has 0 bridgehead atoms. The van der Waals surface area contributed by atoms with Gasteiger partial charge in [-0.3, -0.25) is 19.2 Å². The largest absolute Gasteiger partial charge is 0.508 e. The number of phenolic OH excluding ortho intramolecular Hbond substituents is 2. The van der Waals surface area contributed by atoms with Gasteiger partial charge in [0.2, 0.25) is 23.6 Å². The minimum atomic E-state index is -0.230. The zero-order chi connectivity index (χ0) is 30.7. The minimum absolute atomic E-state index is 0.0350. The number of rotatable bonds is 17. The van der Waals surface area contributed by atoms with Crippen molar-refractivity contribution in [3.63, 3.8) is 0 Å². The van der Waals surface area contributed by atoms with Gasteiger partial charge >= 0.3 is 0 Å². The van der Waals surface area contributed by atoms with Gasteiger partial charge in [0, 0.05) is 65.3 Å². The molecule has 0 aromatic heterocycles. The summed E-state index contributed by atoms with van der Waals surface area (Å²) in [7, 11) is 0. The monoisotopic (exact) mass is 578 g/mol. The molecule has 10 nitrogen and oxygen atoms in total. The Morgan fingerprint density at radius 3 is 1.26 bits per heavy atom. The molecule has 2 rings (SSSR count). The van der Waals surface area contributed by atoms with E-state index in [4.69, 9.17) is 0 Å². The van der Waals surface area contributed by atoms with Crippen molar-refractivity contribution in [2.24, 2.45) is 0 Å². The van der Waals surface area contributed by atoms with Crippen LogP contribution in [0.4, 0.5) is 0 Å². The van der Waals surface area contributed by atoms with Crippen molar-refractivity contribution in [3.05, 3.63) is 71.8 Å². The first-order valence-corrected chi connectivity index (χ1v) is 14.1. The zero-order valence-electron chi connectivity index (χ0n) is 24.4. The maximum Gasteiger partial charge on any atom is 0.244 e. The van der Waals surface area contributed by atoms with Gasteiger partial charge in [-0.05, 0) is 73.2 Å². The first-order valence-electron chi connectivity index (χ1n) is 14.1. The van der Waals surface area contributed by atoms with Crippen LogP contribution in [0.5, 0.6) is 11.5 Å². The second-order valence-corrected chi connectivity index (χ2v) is 9.86. The molecule has 0 radical (unpaired) electrons. The third kappa shape index (κ3) is 14.2. The van der Waals surface area contributed by atoms with E-state index in [1.807, 2.05) is 0 Å². The van der Waals surface area contributed by atoms with E-state index in [1.165, 1.54) is 26.0 Å². The highest BCUT2D eigenvalue weighted by atomic mass is 16.3. The molecule has 0 heterocycles. The molecule has 2 aromatic carbocycles. The van der Waals surface area contributed by atoms with Crippen LogP contribution >= 0.6 is 0 Å². The fourth-order valence-corrected chi connectivity index (χ4v) is 4.05. The normalized spacial score (nSPS) is 11.0. The number of phenols is 2. The summed E-state index contributed by atoms with van der Waals surface area (Å²) in [6.45, 7) is 6.10. The molecular weight excluding hydrogens is 536 g/mol. The van der Waals surface area contributed by atoms with Crippen molar-refractivity contribution >= 4 is 35.8 Å². The van der Waals surface area contributed by atoms with Crippen LogP contribution in [0.15, 0.2) is 60.7 Å². The Kier molecular flexibility index (Phi) is 15.0. The first-order chi connectivity index (χ1) is 20.1. The van der Waals surface area contributed by atoms with Gasteiger partial charge in [-0.2, -0.15) is 0 Å². The summed E-state index contributed by atoms with van der Waals surface area (Å²) in [5.74, 6) is -0.199. The lowest BCUT2D eigenvalue weighted by Crippen LogP contribution is -2.35. The second kappa shape index (κ2) is 18.7. The molecule has 4 amide bonds. The molecule has 0 unspecified atom stereocenters. The predicted octanol–water partition coefficient (Wildman–Crippen LogP) is 3.31. The maximum absolute atomic E-state index is 12.1. The van der Waals surface area contributed by atoms with E-state index in [9.17, 15) is 29.4 Å². The Morgan fingerprint density at radius 2 is 0.929 bits per heavy atom. The van der Waals surface area contributed by atoms with Gasteiger partial charge < -0.3 is 30.6 Å². The highest BCUT2D eigenvalue weighted by Crippen LogP contribution is 2.11. The average Bonchev–Trinajstić information content (AvgIpc) is 2.96. The number of carbonyl (C=O) groups excluding carboxylic acids is 4. The van der Waals surface area contributed by atoms with Crippen molar-refractivity contribution in [1.82, 2.24) is 20.4 Å². The molecule has 2 aromatic rings. The lowest BCUT2D eigenvalue weighted by Gasteiger charge is -2.23. The molecule has 226 valence electrons. The summed E-state index contributed by atoms with van der Waals surface area (Å²) in [5.41, 5.74) is 1.60. The summed E-state index contributed by atoms with van der Waals surface area (Å²) >= 11 is 0. The van der Waals surface area contributed by atoms with Crippen LogP contribution in [0, 0.1) is 0 Å². The molecule has 0 aliphatic carbocycles. The fourth-order valence-electron chi connectivity index (χ4n) is 4.05. The molecule has 4 N–H and O–H groups in total. The van der Waals surface area contributed by atoms with Crippen LogP contribution < -0.4 is 10.6 Å². The summed E-state index contributed by atoms with van der Waals surface area (Å²) in [4.78, 5) is 51.7. The highest BCUT2D eigenvalue weighted by Gasteiger charge is 2.11. The van der Waals surface area contributed by atoms with E-state index >= 15 is 0 Å². The highest BCUT2D eigenvalue weighted by molar-refractivity contribution is 5.92. The Labute approximate surface area is 247 Å². The summed E-state index contributed by atoms with van der Waals surface area (Å²) in [5, 5.41) is 24.2. The number of unbranched alkanes of at least 4 members (excludes halogenated alkanes) is 1. The summed E-state index contributed by atoms with van der Waals surface area (Å²) in [6.07, 6.45) is 8.90. The second-order valence-electron chi connectivity index (χ2n) is 9.86. The Morgan fingerprint density at radius 1 is 0.595 bits per heavy atom. The summed E-state index contributed by atoms with van der Waals surface area (Å²) < 4.78 is 0. The minimum Gasteiger partial charge on any atom is -0.508 e. The Bertz CT molecular complexity index is 1110. The van der Waals surface area contributed by atoms with Crippen molar-refractivity contribution in [1.29, 1.82) is 0 Å². The molecule has 0 aliphatic rings. The van der Waals surface area contributed by atoms with E-state index in [1.54, 1.807) is 70.5 Å². The van der Waals surface area contributed by atoms with E-state index < -0.39 is 0 Å². The van der Waals surface area contributed by atoms with Crippen LogP contribution in [0.25, 0.3) is 12.2 Å². The molecule has 0 aliphatic heterocycles. The van der Waals surface area contributed by atoms with Gasteiger partial charge in [-0.15, -0.1) is 0 Å². The molecular formula is C32H42N4O6. The number of benzene rings is 2. The topological polar surface area (TPSA) is 139 Å². The van der Waals surface area contributed by atoms with Crippen LogP contribution in [0.1, 0.15) is 50.7 Å². The number of carbonyl (C=O) groups is 4. The molecule has 0 atom stereocenters. The molecule has 10 heteroatoms. The molecule has 42 heavy (non-hydrogen) atoms. The molecule has 0 fully saturated rings. The number of aromatic hydroxyl groups is 2. The van der Waals surface area contributed by atoms with Gasteiger partial charge in [-0.1, -0.05) is 24.3 Å². The molecule has 0 spiro atoms. The predicted molar refractivity (Wildman–Crippen MR) is 163 cm³/mol. The standard InChI is InChI=1S/C32H42N4O6/c1-25(37)35(23-5-19-33-31(41)17-11-27-7-13-29(39)14-8-27)21-3-4-22-36(26(2)38)24-6-20-34-32(42)18-12-28-9-15-30(40)16-10-28/h7-18,39-40H,3-6,19-24H2,1-2H3,(H,33,41)(H,34,42). The van der Waals surface area contributed by atoms with Crippen LogP contribution in [-0.4, -0.2) is 82.9 Å². The molecule has 0 saturated heterocycles.